The summed E-state index contributed by atoms with van der Waals surface area (Å²) in [6, 6.07) is 3.24. The molecule has 2 N–H and O–H groups in total. The van der Waals surface area contributed by atoms with Crippen LogP contribution in [0.2, 0.25) is 0 Å². The molecular weight excluding hydrogens is 442 g/mol. The zero-order valence-corrected chi connectivity index (χ0v) is 19.2. The molecule has 0 aromatic carbocycles. The fraction of sp³-hybridized carbons (Fsp3) is 0.478. The molecule has 0 bridgehead atoms. The van der Waals surface area contributed by atoms with Crippen LogP contribution in [0, 0.1) is 0 Å². The Morgan fingerprint density at radius 3 is 2.79 bits per heavy atom. The van der Waals surface area contributed by atoms with E-state index in [0.717, 1.165) is 29.5 Å². The molecule has 5 rings (SSSR count). The highest BCUT2D eigenvalue weighted by atomic mass is 32.1. The smallest absolute Gasteiger partial charge is 0.286 e. The van der Waals surface area contributed by atoms with Gasteiger partial charge >= 0.3 is 0 Å². The van der Waals surface area contributed by atoms with E-state index in [0.29, 0.717) is 38.5 Å². The third kappa shape index (κ3) is 4.72. The van der Waals surface area contributed by atoms with Gasteiger partial charge < -0.3 is 19.6 Å². The second-order valence-corrected chi connectivity index (χ2v) is 9.63. The molecule has 9 nitrogen and oxygen atoms in total. The van der Waals surface area contributed by atoms with Crippen LogP contribution in [0.4, 0.5) is 0 Å². The average Bonchev–Trinajstić information content (AvgIpc) is 3.47. The first-order valence-electron chi connectivity index (χ1n) is 11.4. The fourth-order valence-electron chi connectivity index (χ4n) is 4.59. The molecule has 33 heavy (non-hydrogen) atoms. The number of aromatic nitrogens is 2. The number of rotatable bonds is 6. The number of furan rings is 1. The molecule has 0 radical (unpaired) electrons. The molecule has 2 aliphatic rings. The maximum Gasteiger partial charge on any atom is 0.286 e. The molecule has 10 heteroatoms. The lowest BCUT2D eigenvalue weighted by molar-refractivity contribution is -0.132. The lowest BCUT2D eigenvalue weighted by atomic mass is 9.97. The van der Waals surface area contributed by atoms with Crippen molar-refractivity contribution < 1.29 is 14.0 Å². The van der Waals surface area contributed by atoms with Crippen LogP contribution in [0.5, 0.6) is 0 Å². The molecule has 3 aromatic heterocycles. The van der Waals surface area contributed by atoms with E-state index < -0.39 is 0 Å². The number of nitrogens with zero attached hydrogens (tertiary/aromatic N) is 3. The summed E-state index contributed by atoms with van der Waals surface area (Å²) in [5.74, 6) is 0.629. The quantitative estimate of drug-likeness (QED) is 0.571. The maximum atomic E-state index is 12.7. The van der Waals surface area contributed by atoms with Gasteiger partial charge in [-0.15, -0.1) is 11.3 Å². The largest absolute Gasteiger partial charge is 0.459 e. The van der Waals surface area contributed by atoms with Crippen molar-refractivity contribution in [3.8, 4) is 0 Å². The van der Waals surface area contributed by atoms with Crippen LogP contribution in [0.1, 0.15) is 46.1 Å². The van der Waals surface area contributed by atoms with Crippen molar-refractivity contribution in [2.45, 2.75) is 38.6 Å². The first kappa shape index (κ1) is 21.8. The van der Waals surface area contributed by atoms with E-state index in [1.165, 1.54) is 23.1 Å². The van der Waals surface area contributed by atoms with E-state index >= 15 is 0 Å². The minimum atomic E-state index is -0.317. The summed E-state index contributed by atoms with van der Waals surface area (Å²) >= 11 is 1.66. The normalized spacial score (nSPS) is 16.7. The van der Waals surface area contributed by atoms with Gasteiger partial charge in [-0.2, -0.15) is 0 Å². The number of H-pyrrole nitrogens is 1. The number of nitrogens with one attached hydrogen (secondary N) is 2. The van der Waals surface area contributed by atoms with Crippen LogP contribution in [0.15, 0.2) is 27.6 Å². The third-order valence-electron chi connectivity index (χ3n) is 6.34. The number of aromatic amines is 1. The summed E-state index contributed by atoms with van der Waals surface area (Å²) in [7, 11) is 0. The van der Waals surface area contributed by atoms with E-state index in [9.17, 15) is 14.4 Å². The molecule has 2 amide bonds. The zero-order chi connectivity index (χ0) is 22.8. The van der Waals surface area contributed by atoms with Gasteiger partial charge in [0.05, 0.1) is 18.2 Å². The van der Waals surface area contributed by atoms with E-state index in [1.54, 1.807) is 23.5 Å². The van der Waals surface area contributed by atoms with Gasteiger partial charge in [0, 0.05) is 44.0 Å². The van der Waals surface area contributed by atoms with Crippen LogP contribution >= 0.6 is 11.3 Å². The van der Waals surface area contributed by atoms with Gasteiger partial charge in [-0.3, -0.25) is 19.3 Å². The number of hydrogen-bond acceptors (Lipinski definition) is 7. The number of carbonyl (C=O) groups excluding carboxylic acids is 2. The molecule has 0 unspecified atom stereocenters. The van der Waals surface area contributed by atoms with Crippen molar-refractivity contribution in [3.05, 3.63) is 50.8 Å². The second-order valence-electron chi connectivity index (χ2n) is 8.54. The van der Waals surface area contributed by atoms with Crippen molar-refractivity contribution in [3.63, 3.8) is 0 Å². The monoisotopic (exact) mass is 469 g/mol. The van der Waals surface area contributed by atoms with Gasteiger partial charge in [0.1, 0.15) is 10.7 Å². The summed E-state index contributed by atoms with van der Waals surface area (Å²) < 4.78 is 5.04. The number of thiophene rings is 1. The molecule has 1 saturated heterocycles. The Morgan fingerprint density at radius 1 is 1.18 bits per heavy atom. The molecule has 3 aromatic rings. The maximum absolute atomic E-state index is 12.7. The summed E-state index contributed by atoms with van der Waals surface area (Å²) in [5.41, 5.74) is 1.17. The van der Waals surface area contributed by atoms with Crippen LogP contribution in [0.3, 0.4) is 0 Å². The van der Waals surface area contributed by atoms with E-state index in [4.69, 9.17) is 9.40 Å². The van der Waals surface area contributed by atoms with Gasteiger partial charge in [0.15, 0.2) is 5.76 Å². The fourth-order valence-corrected chi connectivity index (χ4v) is 5.87. The average molecular weight is 470 g/mol. The number of amides is 2. The van der Waals surface area contributed by atoms with Crippen molar-refractivity contribution >= 4 is 33.4 Å². The van der Waals surface area contributed by atoms with Gasteiger partial charge in [0.2, 0.25) is 5.91 Å². The highest BCUT2D eigenvalue weighted by Gasteiger charge is 2.23. The summed E-state index contributed by atoms with van der Waals surface area (Å²) in [6.45, 7) is 3.50. The van der Waals surface area contributed by atoms with Crippen LogP contribution in [-0.4, -0.2) is 64.3 Å². The zero-order valence-electron chi connectivity index (χ0n) is 18.4. The number of carbonyl (C=O) groups is 2. The van der Waals surface area contributed by atoms with E-state index in [1.807, 2.05) is 4.90 Å². The Balaban J connectivity index is 1.12. The number of piperazine rings is 1. The highest BCUT2D eigenvalue weighted by molar-refractivity contribution is 7.18. The van der Waals surface area contributed by atoms with E-state index in [2.05, 4.69) is 15.2 Å². The van der Waals surface area contributed by atoms with Crippen molar-refractivity contribution in [1.29, 1.82) is 0 Å². The molecular formula is C23H27N5O4S. The first-order chi connectivity index (χ1) is 16.1. The topological polar surface area (TPSA) is 112 Å². The number of hydrogen-bond donors (Lipinski definition) is 2. The van der Waals surface area contributed by atoms with Crippen LogP contribution in [0.25, 0.3) is 10.2 Å². The second kappa shape index (κ2) is 9.48. The highest BCUT2D eigenvalue weighted by Crippen LogP contribution is 2.33. The Hall–Kier alpha value is -2.98. The summed E-state index contributed by atoms with van der Waals surface area (Å²) in [4.78, 5) is 51.1. The van der Waals surface area contributed by atoms with Gasteiger partial charge in [-0.05, 0) is 43.4 Å². The Bertz CT molecular complexity index is 1210. The Kier molecular flexibility index (Phi) is 6.28. The molecule has 0 spiro atoms. The third-order valence-corrected chi connectivity index (χ3v) is 7.53. The van der Waals surface area contributed by atoms with Crippen LogP contribution in [-0.2, 0) is 24.2 Å². The molecule has 1 aliphatic carbocycles. The first-order valence-corrected chi connectivity index (χ1v) is 12.3. The number of aryl methyl sites for hydroxylation is 2. The molecule has 0 saturated carbocycles. The molecule has 1 fully saturated rings. The van der Waals surface area contributed by atoms with Crippen molar-refractivity contribution in [2.75, 3.05) is 32.7 Å². The lowest BCUT2D eigenvalue weighted by Crippen LogP contribution is -2.49. The minimum absolute atomic E-state index is 0.0199. The lowest BCUT2D eigenvalue weighted by Gasteiger charge is -2.34. The minimum Gasteiger partial charge on any atom is -0.459 e. The SMILES string of the molecule is O=C(NCCC(=O)N1CCN(Cc2nc3sc4c(c3c(=O)[nH]2)CCCC4)CC1)c1ccco1. The summed E-state index contributed by atoms with van der Waals surface area (Å²) in [5, 5.41) is 3.49. The predicted octanol–water partition coefficient (Wildman–Crippen LogP) is 1.92. The van der Waals surface area contributed by atoms with Gasteiger partial charge in [0.25, 0.3) is 11.5 Å². The molecule has 174 valence electrons. The molecule has 4 heterocycles. The van der Waals surface area contributed by atoms with Crippen molar-refractivity contribution in [1.82, 2.24) is 25.1 Å². The Labute approximate surface area is 194 Å². The standard InChI is InChI=1S/C23H27N5O4S/c29-19(7-8-24-21(30)16-5-3-13-32-16)28-11-9-27(10-12-28)14-18-25-22(31)20-15-4-1-2-6-17(15)33-23(20)26-18/h3,5,13H,1-2,4,6-12,14H2,(H,24,30)(H,25,26,31). The molecule has 0 atom stereocenters. The number of fused-ring (bicyclic) bond motifs is 3. The van der Waals surface area contributed by atoms with Gasteiger partial charge in [-0.25, -0.2) is 4.98 Å². The predicted molar refractivity (Wildman–Crippen MR) is 124 cm³/mol. The van der Waals surface area contributed by atoms with Crippen LogP contribution < -0.4 is 10.9 Å². The van der Waals surface area contributed by atoms with E-state index in [-0.39, 0.29) is 36.1 Å². The van der Waals surface area contributed by atoms with Gasteiger partial charge in [-0.1, -0.05) is 0 Å². The molecule has 1 aliphatic heterocycles. The van der Waals surface area contributed by atoms with Crippen molar-refractivity contribution in [2.24, 2.45) is 0 Å². The summed E-state index contributed by atoms with van der Waals surface area (Å²) in [6.07, 6.45) is 6.04. The Morgan fingerprint density at radius 2 is 2.00 bits per heavy atom.